The molecule has 4 heteroatoms. The van der Waals surface area contributed by atoms with E-state index in [-0.39, 0.29) is 0 Å². The Hall–Kier alpha value is -2.07. The summed E-state index contributed by atoms with van der Waals surface area (Å²) in [4.78, 5) is 0. The Morgan fingerprint density at radius 3 is 2.28 bits per heavy atom. The van der Waals surface area contributed by atoms with Crippen molar-refractivity contribution >= 4 is 21.3 Å². The lowest BCUT2D eigenvalue weighted by Crippen LogP contribution is -2.15. The average molecular weight is 257 g/mol. The van der Waals surface area contributed by atoms with E-state index in [4.69, 9.17) is 0 Å². The molecule has 1 heterocycles. The predicted octanol–water partition coefficient (Wildman–Crippen LogP) is 2.83. The summed E-state index contributed by atoms with van der Waals surface area (Å²) in [6.07, 6.45) is 0. The first-order chi connectivity index (χ1) is 8.66. The number of anilines is 1. The third-order valence-electron chi connectivity index (χ3n) is 2.83. The van der Waals surface area contributed by atoms with Crippen molar-refractivity contribution in [2.45, 2.75) is 0 Å². The van der Waals surface area contributed by atoms with Gasteiger partial charge in [-0.1, -0.05) is 48.5 Å². The van der Waals surface area contributed by atoms with Crippen LogP contribution in [0.25, 0.3) is 5.57 Å². The Balaban J connectivity index is 2.26. The number of hydrogen-bond acceptors (Lipinski definition) is 2. The van der Waals surface area contributed by atoms with Gasteiger partial charge in [-0.2, -0.15) is 0 Å². The number of hydrogen-bond donors (Lipinski definition) is 1. The minimum absolute atomic E-state index is 0.624. The molecular formula is C14H11NO2S. The summed E-state index contributed by atoms with van der Waals surface area (Å²) < 4.78 is 26.2. The van der Waals surface area contributed by atoms with Gasteiger partial charge in [0.25, 0.3) is 10.0 Å². The molecule has 18 heavy (non-hydrogen) atoms. The maximum atomic E-state index is 11.8. The quantitative estimate of drug-likeness (QED) is 0.853. The number of para-hydroxylation sites is 1. The summed E-state index contributed by atoms with van der Waals surface area (Å²) in [6, 6.07) is 16.9. The molecule has 0 saturated carbocycles. The van der Waals surface area contributed by atoms with Crippen LogP contribution in [0.3, 0.4) is 0 Å². The van der Waals surface area contributed by atoms with Crippen LogP contribution in [0.1, 0.15) is 11.1 Å². The highest BCUT2D eigenvalue weighted by Gasteiger charge is 2.21. The van der Waals surface area contributed by atoms with Gasteiger partial charge in [-0.3, -0.25) is 4.72 Å². The van der Waals surface area contributed by atoms with Gasteiger partial charge in [0, 0.05) is 11.1 Å². The standard InChI is InChI=1S/C14H11NO2S/c16-18(17)10-13(11-6-2-1-3-7-11)12-8-4-5-9-14(12)15-18/h1-10,15H. The minimum Gasteiger partial charge on any atom is -0.279 e. The maximum Gasteiger partial charge on any atom is 0.255 e. The molecule has 0 fully saturated rings. The van der Waals surface area contributed by atoms with Gasteiger partial charge in [0.15, 0.2) is 0 Å². The van der Waals surface area contributed by atoms with E-state index in [1.807, 2.05) is 48.5 Å². The van der Waals surface area contributed by atoms with Gasteiger partial charge >= 0.3 is 0 Å². The van der Waals surface area contributed by atoms with Crippen molar-refractivity contribution in [2.75, 3.05) is 4.72 Å². The van der Waals surface area contributed by atoms with Crippen LogP contribution in [0.5, 0.6) is 0 Å². The summed E-state index contributed by atoms with van der Waals surface area (Å²) in [6.45, 7) is 0. The molecule has 1 aliphatic rings. The van der Waals surface area contributed by atoms with Crippen LogP contribution < -0.4 is 4.72 Å². The maximum absolute atomic E-state index is 11.8. The largest absolute Gasteiger partial charge is 0.279 e. The lowest BCUT2D eigenvalue weighted by Gasteiger charge is -2.19. The van der Waals surface area contributed by atoms with Gasteiger partial charge in [0.1, 0.15) is 0 Å². The highest BCUT2D eigenvalue weighted by Crippen LogP contribution is 2.34. The third kappa shape index (κ3) is 1.91. The summed E-state index contributed by atoms with van der Waals surface area (Å²) in [5.41, 5.74) is 3.15. The summed E-state index contributed by atoms with van der Waals surface area (Å²) in [7, 11) is -3.41. The normalized spacial score (nSPS) is 16.3. The van der Waals surface area contributed by atoms with Crippen LogP contribution in [-0.2, 0) is 10.0 Å². The van der Waals surface area contributed by atoms with E-state index in [1.165, 1.54) is 5.41 Å². The zero-order chi connectivity index (χ0) is 12.6. The molecule has 0 amide bonds. The highest BCUT2D eigenvalue weighted by atomic mass is 32.2. The molecule has 2 aromatic rings. The molecular weight excluding hydrogens is 246 g/mol. The second kappa shape index (κ2) is 3.99. The Labute approximate surface area is 106 Å². The lowest BCUT2D eigenvalue weighted by molar-refractivity contribution is 0.609. The molecule has 3 rings (SSSR count). The number of fused-ring (bicyclic) bond motifs is 1. The first-order valence-electron chi connectivity index (χ1n) is 5.55. The average Bonchev–Trinajstić information content (AvgIpc) is 2.38. The molecule has 0 radical (unpaired) electrons. The third-order valence-corrected chi connectivity index (χ3v) is 3.88. The van der Waals surface area contributed by atoms with Crippen LogP contribution >= 0.6 is 0 Å². The molecule has 0 atom stereocenters. The van der Waals surface area contributed by atoms with Crippen molar-refractivity contribution in [3.8, 4) is 0 Å². The van der Waals surface area contributed by atoms with Crippen molar-refractivity contribution in [1.29, 1.82) is 0 Å². The van der Waals surface area contributed by atoms with E-state index in [2.05, 4.69) is 4.72 Å². The van der Waals surface area contributed by atoms with E-state index >= 15 is 0 Å². The van der Waals surface area contributed by atoms with Crippen LogP contribution in [0.2, 0.25) is 0 Å². The second-order valence-corrected chi connectivity index (χ2v) is 5.62. The molecule has 2 aromatic carbocycles. The molecule has 90 valence electrons. The van der Waals surface area contributed by atoms with Crippen molar-refractivity contribution in [1.82, 2.24) is 0 Å². The molecule has 0 saturated heterocycles. The number of sulfonamides is 1. The SMILES string of the molecule is O=S1(=O)C=C(c2ccccc2)c2ccccc2N1. The summed E-state index contributed by atoms with van der Waals surface area (Å²) >= 11 is 0. The van der Waals surface area contributed by atoms with E-state index < -0.39 is 10.0 Å². The molecule has 0 aliphatic carbocycles. The van der Waals surface area contributed by atoms with Crippen molar-refractivity contribution < 1.29 is 8.42 Å². The molecule has 3 nitrogen and oxygen atoms in total. The first-order valence-corrected chi connectivity index (χ1v) is 7.10. The summed E-state index contributed by atoms with van der Waals surface area (Å²) in [5, 5.41) is 1.28. The van der Waals surface area contributed by atoms with Gasteiger partial charge < -0.3 is 0 Å². The fraction of sp³-hybridized carbons (Fsp3) is 0. The molecule has 0 bridgehead atoms. The van der Waals surface area contributed by atoms with Gasteiger partial charge in [-0.15, -0.1) is 0 Å². The Kier molecular flexibility index (Phi) is 2.45. The lowest BCUT2D eigenvalue weighted by atomic mass is 9.98. The monoisotopic (exact) mass is 257 g/mol. The zero-order valence-electron chi connectivity index (χ0n) is 9.50. The van der Waals surface area contributed by atoms with Crippen molar-refractivity contribution in [2.24, 2.45) is 0 Å². The first kappa shape index (κ1) is 11.0. The van der Waals surface area contributed by atoms with Crippen LogP contribution in [0.15, 0.2) is 60.0 Å². The Morgan fingerprint density at radius 1 is 0.833 bits per heavy atom. The van der Waals surface area contributed by atoms with Gasteiger partial charge in [-0.25, -0.2) is 8.42 Å². The molecule has 0 aromatic heterocycles. The van der Waals surface area contributed by atoms with Gasteiger partial charge in [0.2, 0.25) is 0 Å². The number of benzene rings is 2. The van der Waals surface area contributed by atoms with Crippen molar-refractivity contribution in [3.63, 3.8) is 0 Å². The van der Waals surface area contributed by atoms with Crippen LogP contribution in [0, 0.1) is 0 Å². The van der Waals surface area contributed by atoms with E-state index in [0.717, 1.165) is 16.7 Å². The minimum atomic E-state index is -3.41. The Morgan fingerprint density at radius 2 is 1.50 bits per heavy atom. The Bertz CT molecular complexity index is 718. The topological polar surface area (TPSA) is 46.2 Å². The molecule has 1 aliphatic heterocycles. The fourth-order valence-corrected chi connectivity index (χ4v) is 3.17. The van der Waals surface area contributed by atoms with Gasteiger partial charge in [0.05, 0.1) is 11.1 Å². The van der Waals surface area contributed by atoms with E-state index in [0.29, 0.717) is 5.69 Å². The number of rotatable bonds is 1. The number of nitrogens with one attached hydrogen (secondary N) is 1. The van der Waals surface area contributed by atoms with E-state index in [9.17, 15) is 8.42 Å². The van der Waals surface area contributed by atoms with E-state index in [1.54, 1.807) is 6.07 Å². The highest BCUT2D eigenvalue weighted by molar-refractivity contribution is 7.95. The predicted molar refractivity (Wildman–Crippen MR) is 72.5 cm³/mol. The van der Waals surface area contributed by atoms with Crippen LogP contribution in [-0.4, -0.2) is 8.42 Å². The zero-order valence-corrected chi connectivity index (χ0v) is 10.3. The van der Waals surface area contributed by atoms with Crippen molar-refractivity contribution in [3.05, 3.63) is 71.1 Å². The second-order valence-electron chi connectivity index (χ2n) is 4.09. The van der Waals surface area contributed by atoms with Gasteiger partial charge in [-0.05, 0) is 11.6 Å². The smallest absolute Gasteiger partial charge is 0.255 e. The molecule has 0 unspecified atom stereocenters. The fourth-order valence-electron chi connectivity index (χ4n) is 2.05. The van der Waals surface area contributed by atoms with Crippen LogP contribution in [0.4, 0.5) is 5.69 Å². The molecule has 0 spiro atoms. The molecule has 1 N–H and O–H groups in total. The summed E-state index contributed by atoms with van der Waals surface area (Å²) in [5.74, 6) is 0.